The number of ether oxygens (including phenoxy) is 1. The summed E-state index contributed by atoms with van der Waals surface area (Å²) in [6, 6.07) is 17.2. The molecule has 50 heavy (non-hydrogen) atoms. The Hall–Kier alpha value is -5.49. The lowest BCUT2D eigenvalue weighted by atomic mass is 9.94. The highest BCUT2D eigenvalue weighted by molar-refractivity contribution is 5.96. The topological polar surface area (TPSA) is 106 Å². The van der Waals surface area contributed by atoms with Crippen molar-refractivity contribution >= 4 is 28.6 Å². The number of nitrogens with one attached hydrogen (secondary N) is 2. The van der Waals surface area contributed by atoms with Gasteiger partial charge in [-0.05, 0) is 66.4 Å². The molecule has 1 aliphatic rings. The predicted octanol–water partition coefficient (Wildman–Crippen LogP) is 5.29. The summed E-state index contributed by atoms with van der Waals surface area (Å²) in [7, 11) is 3.02. The van der Waals surface area contributed by atoms with Crippen molar-refractivity contribution in [2.24, 2.45) is 0 Å². The van der Waals surface area contributed by atoms with E-state index in [1.807, 2.05) is 35.8 Å². The number of nitrogens with zero attached hydrogens (tertiary/aromatic N) is 3. The Balaban J connectivity index is 1.34. The number of amides is 3. The summed E-state index contributed by atoms with van der Waals surface area (Å²) in [5.41, 5.74) is 3.75. The molecular weight excluding hydrogens is 647 g/mol. The molecular formula is C38H36F3N5O4. The molecule has 0 aliphatic carbocycles. The first-order valence-corrected chi connectivity index (χ1v) is 16.1. The van der Waals surface area contributed by atoms with Crippen molar-refractivity contribution in [2.45, 2.75) is 38.5 Å². The molecule has 0 bridgehead atoms. The number of benzene rings is 3. The van der Waals surface area contributed by atoms with Crippen molar-refractivity contribution in [2.75, 3.05) is 27.2 Å². The highest BCUT2D eigenvalue weighted by Crippen LogP contribution is 2.31. The average molecular weight is 684 g/mol. The number of halogens is 3. The molecule has 3 aromatic carbocycles. The van der Waals surface area contributed by atoms with E-state index in [0.29, 0.717) is 29.9 Å². The van der Waals surface area contributed by atoms with Crippen molar-refractivity contribution in [3.05, 3.63) is 125 Å². The molecule has 0 unspecified atom stereocenters. The van der Waals surface area contributed by atoms with Gasteiger partial charge >= 0.3 is 0 Å². The molecule has 1 fully saturated rings. The maximum atomic E-state index is 14.6. The van der Waals surface area contributed by atoms with E-state index in [9.17, 15) is 27.6 Å². The van der Waals surface area contributed by atoms with E-state index in [-0.39, 0.29) is 42.5 Å². The number of rotatable bonds is 11. The van der Waals surface area contributed by atoms with Gasteiger partial charge in [-0.1, -0.05) is 30.3 Å². The van der Waals surface area contributed by atoms with Crippen LogP contribution >= 0.6 is 0 Å². The van der Waals surface area contributed by atoms with Crippen LogP contribution in [0.15, 0.2) is 79.0 Å². The van der Waals surface area contributed by atoms with Crippen LogP contribution in [0.25, 0.3) is 22.0 Å². The Bertz CT molecular complexity index is 2070. The zero-order valence-electron chi connectivity index (χ0n) is 27.8. The molecule has 258 valence electrons. The van der Waals surface area contributed by atoms with Crippen molar-refractivity contribution in [3.8, 4) is 11.1 Å². The Kier molecular flexibility index (Phi) is 10.0. The number of fused-ring (bicyclic) bond motifs is 1. The molecule has 9 nitrogen and oxygen atoms in total. The van der Waals surface area contributed by atoms with Gasteiger partial charge in [0.25, 0.3) is 5.91 Å². The van der Waals surface area contributed by atoms with E-state index in [4.69, 9.17) is 4.74 Å². The molecule has 3 amide bonds. The summed E-state index contributed by atoms with van der Waals surface area (Å²) in [6.45, 7) is 2.81. The summed E-state index contributed by atoms with van der Waals surface area (Å²) in [4.78, 5) is 45.8. The van der Waals surface area contributed by atoms with Gasteiger partial charge in [-0.3, -0.25) is 19.4 Å². The second kappa shape index (κ2) is 14.6. The summed E-state index contributed by atoms with van der Waals surface area (Å²) in [5, 5.41) is 6.30. The van der Waals surface area contributed by atoms with Gasteiger partial charge in [0.05, 0.1) is 29.8 Å². The summed E-state index contributed by atoms with van der Waals surface area (Å²) in [5.74, 6) is -3.31. The number of hydrogen-bond donors (Lipinski definition) is 2. The van der Waals surface area contributed by atoms with Crippen molar-refractivity contribution in [3.63, 3.8) is 0 Å². The van der Waals surface area contributed by atoms with E-state index in [2.05, 4.69) is 15.6 Å². The number of pyridine rings is 1. The fourth-order valence-corrected chi connectivity index (χ4v) is 6.49. The second-order valence-corrected chi connectivity index (χ2v) is 12.3. The van der Waals surface area contributed by atoms with E-state index >= 15 is 0 Å². The van der Waals surface area contributed by atoms with Crippen molar-refractivity contribution < 1.29 is 32.3 Å². The standard InChI is InChI=1S/C38H36F3N5O4/c1-22-30(18-36(48)45-19-27(20-45)50-3)29-7-4-5-9-34(29)46(22)21-35(47)44-33(15-23-13-25(39)17-26(40)14-23)37-28(8-6-12-43-37)24-10-11-32(41)31(16-24)38(49)42-2/h4-14,16-17,27,33H,15,18-21H2,1-3H3,(H,42,49)(H,44,47)/t33-/m0/s1. The Morgan fingerprint density at radius 2 is 1.72 bits per heavy atom. The van der Waals surface area contributed by atoms with Gasteiger partial charge in [-0.15, -0.1) is 0 Å². The van der Waals surface area contributed by atoms with Crippen LogP contribution < -0.4 is 10.6 Å². The minimum Gasteiger partial charge on any atom is -0.378 e. The van der Waals surface area contributed by atoms with Crippen LogP contribution in [0.1, 0.15) is 38.9 Å². The third-order valence-electron chi connectivity index (χ3n) is 9.14. The van der Waals surface area contributed by atoms with Crippen LogP contribution in [-0.2, 0) is 33.7 Å². The molecule has 3 heterocycles. The number of para-hydroxylation sites is 1. The number of likely N-dealkylation sites (tertiary alicyclic amines) is 1. The molecule has 1 aliphatic heterocycles. The molecule has 1 atom stereocenters. The first-order valence-electron chi connectivity index (χ1n) is 16.1. The third kappa shape index (κ3) is 7.11. The summed E-state index contributed by atoms with van der Waals surface area (Å²) >= 11 is 0. The van der Waals surface area contributed by atoms with Crippen LogP contribution in [0.4, 0.5) is 13.2 Å². The number of methoxy groups -OCH3 is 1. The minimum absolute atomic E-state index is 0.0285. The lowest BCUT2D eigenvalue weighted by Gasteiger charge is -2.38. The second-order valence-electron chi connectivity index (χ2n) is 12.3. The smallest absolute Gasteiger partial charge is 0.254 e. The zero-order chi connectivity index (χ0) is 35.5. The molecule has 0 radical (unpaired) electrons. The lowest BCUT2D eigenvalue weighted by Crippen LogP contribution is -2.54. The van der Waals surface area contributed by atoms with E-state index in [1.54, 1.807) is 24.1 Å². The third-order valence-corrected chi connectivity index (χ3v) is 9.14. The molecule has 0 spiro atoms. The fourth-order valence-electron chi connectivity index (χ4n) is 6.49. The number of aromatic nitrogens is 2. The largest absolute Gasteiger partial charge is 0.378 e. The Morgan fingerprint density at radius 1 is 0.980 bits per heavy atom. The first kappa shape index (κ1) is 34.4. The number of carbonyl (C=O) groups excluding carboxylic acids is 3. The van der Waals surface area contributed by atoms with Gasteiger partial charge in [0, 0.05) is 61.7 Å². The van der Waals surface area contributed by atoms with Crippen molar-refractivity contribution in [1.29, 1.82) is 0 Å². The van der Waals surface area contributed by atoms with Gasteiger partial charge in [0.2, 0.25) is 11.8 Å². The van der Waals surface area contributed by atoms with Crippen LogP contribution in [-0.4, -0.2) is 65.5 Å². The van der Waals surface area contributed by atoms with Crippen LogP contribution in [0.3, 0.4) is 0 Å². The van der Waals surface area contributed by atoms with E-state index in [1.165, 1.54) is 43.6 Å². The Morgan fingerprint density at radius 3 is 2.44 bits per heavy atom. The van der Waals surface area contributed by atoms with Crippen LogP contribution in [0, 0.1) is 24.4 Å². The van der Waals surface area contributed by atoms with Gasteiger partial charge in [-0.25, -0.2) is 13.2 Å². The molecule has 2 N–H and O–H groups in total. The highest BCUT2D eigenvalue weighted by atomic mass is 19.1. The normalized spacial score (nSPS) is 13.6. The molecule has 2 aromatic heterocycles. The number of carbonyl (C=O) groups is 3. The molecule has 1 saturated heterocycles. The molecule has 0 saturated carbocycles. The zero-order valence-corrected chi connectivity index (χ0v) is 27.8. The van der Waals surface area contributed by atoms with Gasteiger partial charge in [0.1, 0.15) is 24.0 Å². The predicted molar refractivity (Wildman–Crippen MR) is 182 cm³/mol. The molecule has 5 aromatic rings. The monoisotopic (exact) mass is 683 g/mol. The molecule has 6 rings (SSSR count). The van der Waals surface area contributed by atoms with Crippen molar-refractivity contribution in [1.82, 2.24) is 25.1 Å². The van der Waals surface area contributed by atoms with Crippen LogP contribution in [0.2, 0.25) is 0 Å². The highest BCUT2D eigenvalue weighted by Gasteiger charge is 2.31. The fraction of sp³-hybridized carbons (Fsp3) is 0.263. The quantitative estimate of drug-likeness (QED) is 0.197. The van der Waals surface area contributed by atoms with Crippen LogP contribution in [0.5, 0.6) is 0 Å². The summed E-state index contributed by atoms with van der Waals surface area (Å²) in [6.07, 6.45) is 1.69. The van der Waals surface area contributed by atoms with Gasteiger partial charge in [-0.2, -0.15) is 0 Å². The van der Waals surface area contributed by atoms with E-state index < -0.39 is 35.3 Å². The average Bonchev–Trinajstić information content (AvgIpc) is 3.33. The maximum Gasteiger partial charge on any atom is 0.254 e. The van der Waals surface area contributed by atoms with Gasteiger partial charge in [0.15, 0.2) is 0 Å². The van der Waals surface area contributed by atoms with E-state index in [0.717, 1.165) is 28.2 Å². The van der Waals surface area contributed by atoms with Gasteiger partial charge < -0.3 is 24.8 Å². The number of hydrogen-bond acceptors (Lipinski definition) is 5. The maximum absolute atomic E-state index is 14.6. The first-order chi connectivity index (χ1) is 24.1. The molecule has 12 heteroatoms. The SMILES string of the molecule is CNC(=O)c1cc(-c2cccnc2[C@H](Cc2cc(F)cc(F)c2)NC(=O)Cn2c(C)c(CC(=O)N3CC(OC)C3)c3ccccc32)ccc1F. The summed E-state index contributed by atoms with van der Waals surface area (Å²) < 4.78 is 50.4. The lowest BCUT2D eigenvalue weighted by molar-refractivity contribution is -0.142. The Labute approximate surface area is 287 Å². The minimum atomic E-state index is -0.892.